The minimum absolute atomic E-state index is 0.0605. The van der Waals surface area contributed by atoms with Crippen molar-refractivity contribution in [3.63, 3.8) is 0 Å². The SMILES string of the molecule is C1CCOC1.CCOc1ccccc1-c1ccc2c(c1)C=C(C(=O)Nc1ccc(CN(C)C3CCOCC3)cc1)CCN2Cc1ccccc1. The Bertz CT molecular complexity index is 1690. The molecule has 3 aliphatic rings. The van der Waals surface area contributed by atoms with Gasteiger partial charge in [0.15, 0.2) is 0 Å². The van der Waals surface area contributed by atoms with Crippen LogP contribution in [0.2, 0.25) is 0 Å². The second-order valence-corrected chi connectivity index (χ2v) is 13.3. The van der Waals surface area contributed by atoms with E-state index >= 15 is 0 Å². The van der Waals surface area contributed by atoms with E-state index in [1.54, 1.807) is 0 Å². The third-order valence-corrected chi connectivity index (χ3v) is 9.64. The summed E-state index contributed by atoms with van der Waals surface area (Å²) in [6.07, 6.45) is 7.42. The summed E-state index contributed by atoms with van der Waals surface area (Å²) in [6.45, 7) is 8.68. The highest BCUT2D eigenvalue weighted by atomic mass is 16.5. The third-order valence-electron chi connectivity index (χ3n) is 9.64. The predicted molar refractivity (Wildman–Crippen MR) is 204 cm³/mol. The van der Waals surface area contributed by atoms with Gasteiger partial charge in [0.2, 0.25) is 0 Å². The summed E-state index contributed by atoms with van der Waals surface area (Å²) >= 11 is 0. The van der Waals surface area contributed by atoms with Crippen LogP contribution in [0.5, 0.6) is 5.75 Å². The lowest BCUT2D eigenvalue weighted by molar-refractivity contribution is -0.112. The molecule has 1 amide bonds. The molecule has 1 N–H and O–H groups in total. The van der Waals surface area contributed by atoms with Gasteiger partial charge >= 0.3 is 0 Å². The molecule has 4 aromatic rings. The van der Waals surface area contributed by atoms with Crippen LogP contribution in [0.15, 0.2) is 103 Å². The number of carbonyl (C=O) groups is 1. The summed E-state index contributed by atoms with van der Waals surface area (Å²) in [4.78, 5) is 18.5. The Hall–Kier alpha value is -4.43. The maximum Gasteiger partial charge on any atom is 0.251 e. The highest BCUT2D eigenvalue weighted by Crippen LogP contribution is 2.36. The lowest BCUT2D eigenvalue weighted by atomic mass is 9.99. The summed E-state index contributed by atoms with van der Waals surface area (Å²) in [5, 5.41) is 3.17. The van der Waals surface area contributed by atoms with Gasteiger partial charge in [0.1, 0.15) is 5.75 Å². The topological polar surface area (TPSA) is 63.3 Å². The van der Waals surface area contributed by atoms with E-state index in [2.05, 4.69) is 88.9 Å². The zero-order valence-electron chi connectivity index (χ0n) is 29.6. The number of rotatable bonds is 10. The van der Waals surface area contributed by atoms with E-state index in [9.17, 15) is 4.79 Å². The van der Waals surface area contributed by atoms with Gasteiger partial charge in [0.05, 0.1) is 6.61 Å². The molecule has 0 aromatic heterocycles. The number of nitrogens with zero attached hydrogens (tertiary/aromatic N) is 2. The number of fused-ring (bicyclic) bond motifs is 1. The molecular formula is C43H51N3O4. The molecule has 7 nitrogen and oxygen atoms in total. The van der Waals surface area contributed by atoms with Crippen LogP contribution in [-0.4, -0.2) is 63.5 Å². The van der Waals surface area contributed by atoms with Crippen molar-refractivity contribution < 1.29 is 19.0 Å². The van der Waals surface area contributed by atoms with E-state index in [1.165, 1.54) is 24.0 Å². The van der Waals surface area contributed by atoms with Crippen LogP contribution < -0.4 is 15.0 Å². The van der Waals surface area contributed by atoms with Gasteiger partial charge in [-0.1, -0.05) is 66.7 Å². The number of hydrogen-bond donors (Lipinski definition) is 1. The van der Waals surface area contributed by atoms with E-state index in [0.717, 1.165) is 98.3 Å². The van der Waals surface area contributed by atoms with E-state index in [4.69, 9.17) is 14.2 Å². The van der Waals surface area contributed by atoms with E-state index in [-0.39, 0.29) is 5.91 Å². The van der Waals surface area contributed by atoms with Crippen molar-refractivity contribution in [3.05, 3.63) is 119 Å². The van der Waals surface area contributed by atoms with Gasteiger partial charge in [0.25, 0.3) is 5.91 Å². The molecule has 262 valence electrons. The number of benzene rings is 4. The third kappa shape index (κ3) is 9.63. The minimum atomic E-state index is -0.0605. The average molecular weight is 674 g/mol. The molecule has 3 heterocycles. The van der Waals surface area contributed by atoms with Crippen LogP contribution in [-0.2, 0) is 27.4 Å². The quantitative estimate of drug-likeness (QED) is 0.182. The summed E-state index contributed by atoms with van der Waals surface area (Å²) in [5.41, 5.74) is 8.32. The van der Waals surface area contributed by atoms with Gasteiger partial charge < -0.3 is 24.4 Å². The molecule has 0 aliphatic carbocycles. The van der Waals surface area contributed by atoms with Gasteiger partial charge in [-0.15, -0.1) is 0 Å². The molecule has 0 saturated carbocycles. The summed E-state index contributed by atoms with van der Waals surface area (Å²) in [7, 11) is 2.18. The fraction of sp³-hybridized carbons (Fsp3) is 0.372. The van der Waals surface area contributed by atoms with Crippen molar-refractivity contribution in [2.24, 2.45) is 0 Å². The van der Waals surface area contributed by atoms with Crippen LogP contribution in [0.25, 0.3) is 17.2 Å². The number of ether oxygens (including phenoxy) is 3. The average Bonchev–Trinajstić information content (AvgIpc) is 3.70. The van der Waals surface area contributed by atoms with E-state index < -0.39 is 0 Å². The van der Waals surface area contributed by atoms with Crippen molar-refractivity contribution in [1.82, 2.24) is 4.90 Å². The van der Waals surface area contributed by atoms with Gasteiger partial charge in [-0.05, 0) is 105 Å². The number of hydrogen-bond acceptors (Lipinski definition) is 6. The first-order chi connectivity index (χ1) is 24.6. The van der Waals surface area contributed by atoms with Crippen molar-refractivity contribution >= 4 is 23.4 Å². The summed E-state index contributed by atoms with van der Waals surface area (Å²) in [6, 6.07) is 34.0. The Morgan fingerprint density at radius 2 is 1.58 bits per heavy atom. The van der Waals surface area contributed by atoms with Gasteiger partial charge in [-0.2, -0.15) is 0 Å². The first kappa shape index (κ1) is 35.4. The molecule has 7 rings (SSSR count). The Balaban J connectivity index is 0.000000794. The monoisotopic (exact) mass is 673 g/mol. The molecule has 2 saturated heterocycles. The molecule has 7 heteroatoms. The molecule has 4 aromatic carbocycles. The molecule has 0 spiro atoms. The van der Waals surface area contributed by atoms with Crippen LogP contribution in [0, 0.1) is 0 Å². The largest absolute Gasteiger partial charge is 0.493 e. The molecule has 0 atom stereocenters. The Morgan fingerprint density at radius 3 is 2.30 bits per heavy atom. The standard InChI is InChI=1S/C39H43N3O3.C4H8O/c1-3-45-38-12-8-7-11-36(38)31-15-18-37-33(25-31)26-32(19-22-42(37)28-29-9-5-4-6-10-29)39(43)40-34-16-13-30(14-17-34)27-41(2)35-20-23-44-24-21-35;1-2-4-5-3-1/h4-18,25-26,35H,3,19-24,27-28H2,1-2H3,(H,40,43);1-4H2. The second kappa shape index (κ2) is 18.0. The molecular weight excluding hydrogens is 622 g/mol. The number of anilines is 2. The first-order valence-corrected chi connectivity index (χ1v) is 18.2. The fourth-order valence-corrected chi connectivity index (χ4v) is 6.85. The molecule has 50 heavy (non-hydrogen) atoms. The predicted octanol–water partition coefficient (Wildman–Crippen LogP) is 8.59. The van der Waals surface area contributed by atoms with Crippen LogP contribution >= 0.6 is 0 Å². The molecule has 0 bridgehead atoms. The second-order valence-electron chi connectivity index (χ2n) is 13.3. The van der Waals surface area contributed by atoms with Crippen molar-refractivity contribution in [1.29, 1.82) is 0 Å². The van der Waals surface area contributed by atoms with Crippen LogP contribution in [0.4, 0.5) is 11.4 Å². The lowest BCUT2D eigenvalue weighted by Gasteiger charge is -2.31. The molecule has 0 radical (unpaired) electrons. The molecule has 3 aliphatic heterocycles. The number of para-hydroxylation sites is 1. The number of carbonyl (C=O) groups excluding carboxylic acids is 1. The minimum Gasteiger partial charge on any atom is -0.493 e. The summed E-state index contributed by atoms with van der Waals surface area (Å²) in [5.74, 6) is 0.800. The number of nitrogens with one attached hydrogen (secondary N) is 1. The summed E-state index contributed by atoms with van der Waals surface area (Å²) < 4.78 is 16.4. The normalized spacial score (nSPS) is 16.1. The van der Waals surface area contributed by atoms with Crippen LogP contribution in [0.3, 0.4) is 0 Å². The van der Waals surface area contributed by atoms with Gasteiger partial charge in [-0.3, -0.25) is 9.69 Å². The molecule has 0 unspecified atom stereocenters. The Kier molecular flexibility index (Phi) is 12.7. The van der Waals surface area contributed by atoms with E-state index in [0.29, 0.717) is 19.1 Å². The smallest absolute Gasteiger partial charge is 0.251 e. The zero-order valence-corrected chi connectivity index (χ0v) is 29.6. The molecule has 2 fully saturated rings. The fourth-order valence-electron chi connectivity index (χ4n) is 6.85. The van der Waals surface area contributed by atoms with Crippen LogP contribution in [0.1, 0.15) is 55.7 Å². The Labute approximate surface area is 297 Å². The van der Waals surface area contributed by atoms with E-state index in [1.807, 2.05) is 43.3 Å². The number of amides is 1. The maximum absolute atomic E-state index is 13.7. The van der Waals surface area contributed by atoms with Crippen molar-refractivity contribution in [2.75, 3.05) is 56.8 Å². The highest BCUT2D eigenvalue weighted by Gasteiger charge is 2.22. The van der Waals surface area contributed by atoms with Gasteiger partial charge in [-0.25, -0.2) is 0 Å². The Morgan fingerprint density at radius 1 is 0.860 bits per heavy atom. The first-order valence-electron chi connectivity index (χ1n) is 18.2. The van der Waals surface area contributed by atoms with Crippen molar-refractivity contribution in [3.8, 4) is 16.9 Å². The highest BCUT2D eigenvalue weighted by molar-refractivity contribution is 6.07. The zero-order chi connectivity index (χ0) is 34.5. The lowest BCUT2D eigenvalue weighted by Crippen LogP contribution is -2.36. The van der Waals surface area contributed by atoms with Gasteiger partial charge in [0, 0.05) is 74.6 Å². The van der Waals surface area contributed by atoms with Crippen molar-refractivity contribution in [2.45, 2.75) is 58.2 Å². The maximum atomic E-state index is 13.7.